The van der Waals surface area contributed by atoms with Crippen LogP contribution in [0.5, 0.6) is 0 Å². The molecular weight excluding hydrogens is 567 g/mol. The molecule has 6 nitrogen and oxygen atoms in total. The highest BCUT2D eigenvalue weighted by molar-refractivity contribution is 6.47. The van der Waals surface area contributed by atoms with Crippen molar-refractivity contribution in [1.29, 1.82) is 0 Å². The average Bonchev–Trinajstić information content (AvgIpc) is 3.26. The van der Waals surface area contributed by atoms with Crippen LogP contribution in [0.2, 0.25) is 10.0 Å². The van der Waals surface area contributed by atoms with Crippen molar-refractivity contribution in [3.8, 4) is 0 Å². The van der Waals surface area contributed by atoms with Crippen LogP contribution in [0.4, 0.5) is 11.4 Å². The van der Waals surface area contributed by atoms with Gasteiger partial charge in [0, 0.05) is 21.2 Å². The van der Waals surface area contributed by atoms with E-state index in [4.69, 9.17) is 23.2 Å². The van der Waals surface area contributed by atoms with Gasteiger partial charge < -0.3 is 0 Å². The van der Waals surface area contributed by atoms with Crippen molar-refractivity contribution in [1.82, 2.24) is 0 Å². The maximum atomic E-state index is 12.5. The van der Waals surface area contributed by atoms with Crippen molar-refractivity contribution < 1.29 is 9.59 Å². The first-order valence-electron chi connectivity index (χ1n) is 13.9. The van der Waals surface area contributed by atoms with Crippen LogP contribution >= 0.6 is 23.2 Å². The van der Waals surface area contributed by atoms with Gasteiger partial charge in [-0.1, -0.05) is 83.9 Å². The van der Waals surface area contributed by atoms with Gasteiger partial charge in [-0.15, -0.1) is 0 Å². The summed E-state index contributed by atoms with van der Waals surface area (Å²) < 4.78 is 0. The fourth-order valence-electron chi connectivity index (χ4n) is 4.94. The van der Waals surface area contributed by atoms with Crippen molar-refractivity contribution >= 4 is 57.6 Å². The normalized spacial score (nSPS) is 16.4. The molecule has 0 unspecified atom stereocenters. The van der Waals surface area contributed by atoms with E-state index in [0.717, 1.165) is 59.3 Å². The Morgan fingerprint density at radius 3 is 1.38 bits per heavy atom. The Bertz CT molecular complexity index is 1540. The number of nitrogens with zero attached hydrogens (tertiary/aromatic N) is 2. The number of benzene rings is 4. The Balaban J connectivity index is 0.000000168. The lowest BCUT2D eigenvalue weighted by atomic mass is 10.0. The lowest BCUT2D eigenvalue weighted by molar-refractivity contribution is 0.105. The van der Waals surface area contributed by atoms with Gasteiger partial charge in [0.15, 0.2) is 0 Å². The second-order valence-electron chi connectivity index (χ2n) is 10.0. The van der Waals surface area contributed by atoms with Crippen LogP contribution in [-0.4, -0.2) is 23.0 Å². The molecule has 2 aliphatic rings. The molecule has 8 heteroatoms. The number of nitrogens with one attached hydrogen (secondary N) is 2. The molecule has 0 aliphatic heterocycles. The van der Waals surface area contributed by atoms with E-state index in [1.165, 1.54) is 0 Å². The molecule has 4 aromatic rings. The molecule has 42 heavy (non-hydrogen) atoms. The highest BCUT2D eigenvalue weighted by Crippen LogP contribution is 2.22. The van der Waals surface area contributed by atoms with Crippen molar-refractivity contribution in [3.63, 3.8) is 0 Å². The summed E-state index contributed by atoms with van der Waals surface area (Å²) >= 11 is 11.9. The minimum absolute atomic E-state index is 0.0117. The first kappa shape index (κ1) is 29.2. The third kappa shape index (κ3) is 7.52. The van der Waals surface area contributed by atoms with Gasteiger partial charge in [0.25, 0.3) is 0 Å². The van der Waals surface area contributed by atoms with Gasteiger partial charge in [0.1, 0.15) is 11.4 Å². The van der Waals surface area contributed by atoms with Crippen LogP contribution in [-0.2, 0) is 12.8 Å². The molecule has 0 heterocycles. The maximum absolute atomic E-state index is 12.5. The van der Waals surface area contributed by atoms with E-state index in [-0.39, 0.29) is 11.6 Å². The summed E-state index contributed by atoms with van der Waals surface area (Å²) in [5.74, 6) is 0.0234. The highest BCUT2D eigenvalue weighted by Gasteiger charge is 2.22. The number of rotatable bonds is 4. The molecule has 2 aliphatic carbocycles. The first-order valence-corrected chi connectivity index (χ1v) is 14.6. The molecule has 0 saturated heterocycles. The second-order valence-corrected chi connectivity index (χ2v) is 10.9. The molecule has 0 aromatic heterocycles. The number of carbonyl (C=O) groups is 2. The Morgan fingerprint density at radius 1 is 0.524 bits per heavy atom. The monoisotopic (exact) mass is 596 g/mol. The largest absolute Gasteiger partial charge is 0.287 e. The minimum Gasteiger partial charge on any atom is -0.287 e. The number of ketones is 2. The number of anilines is 2. The van der Waals surface area contributed by atoms with E-state index in [1.807, 2.05) is 72.8 Å². The predicted octanol–water partition coefficient (Wildman–Crippen LogP) is 8.65. The average molecular weight is 598 g/mol. The van der Waals surface area contributed by atoms with Crippen LogP contribution in [0.1, 0.15) is 57.5 Å². The Labute approximate surface area is 255 Å². The van der Waals surface area contributed by atoms with Gasteiger partial charge in [-0.3, -0.25) is 20.4 Å². The van der Waals surface area contributed by atoms with Gasteiger partial charge in [-0.2, -0.15) is 10.2 Å². The Kier molecular flexibility index (Phi) is 9.80. The summed E-state index contributed by atoms with van der Waals surface area (Å²) in [6.07, 6.45) is 5.05. The number of carbonyl (C=O) groups excluding carboxylic acids is 2. The van der Waals surface area contributed by atoms with Gasteiger partial charge in [-0.05, 0) is 86.1 Å². The SMILES string of the molecule is O=C1/C(=N\Nc2cccc(Cl)c2)CCCc2ccccc21.O=C1/C(=N\Nc2cccc(Cl)c2)CCCc2ccccc21. The van der Waals surface area contributed by atoms with Crippen LogP contribution in [0.15, 0.2) is 107 Å². The number of hydrogen-bond donors (Lipinski definition) is 2. The summed E-state index contributed by atoms with van der Waals surface area (Å²) in [7, 11) is 0. The maximum Gasteiger partial charge on any atom is 0.209 e. The summed E-state index contributed by atoms with van der Waals surface area (Å²) in [6.45, 7) is 0. The molecule has 0 atom stereocenters. The number of Topliss-reactive ketones (excluding diaryl/α,β-unsaturated/α-hetero) is 2. The van der Waals surface area contributed by atoms with Gasteiger partial charge in [0.2, 0.25) is 11.6 Å². The lowest BCUT2D eigenvalue weighted by Gasteiger charge is -2.05. The second kappa shape index (κ2) is 14.1. The zero-order valence-electron chi connectivity index (χ0n) is 22.9. The number of hydrogen-bond acceptors (Lipinski definition) is 6. The van der Waals surface area contributed by atoms with Crippen LogP contribution in [0.25, 0.3) is 0 Å². The predicted molar refractivity (Wildman–Crippen MR) is 172 cm³/mol. The van der Waals surface area contributed by atoms with Crippen molar-refractivity contribution in [3.05, 3.63) is 129 Å². The smallest absolute Gasteiger partial charge is 0.209 e. The zero-order valence-corrected chi connectivity index (χ0v) is 24.5. The van der Waals surface area contributed by atoms with Gasteiger partial charge in [0.05, 0.1) is 11.4 Å². The highest BCUT2D eigenvalue weighted by atomic mass is 35.5. The van der Waals surface area contributed by atoms with E-state index >= 15 is 0 Å². The fraction of sp³-hybridized carbons (Fsp3) is 0.176. The van der Waals surface area contributed by atoms with E-state index < -0.39 is 0 Å². The van der Waals surface area contributed by atoms with Crippen molar-refractivity contribution in [2.24, 2.45) is 10.2 Å². The van der Waals surface area contributed by atoms with E-state index in [9.17, 15) is 9.59 Å². The molecule has 6 rings (SSSR count). The molecule has 0 spiro atoms. The van der Waals surface area contributed by atoms with Crippen LogP contribution in [0.3, 0.4) is 0 Å². The zero-order chi connectivity index (χ0) is 29.3. The molecule has 0 bridgehead atoms. The van der Waals surface area contributed by atoms with Gasteiger partial charge >= 0.3 is 0 Å². The number of halogens is 2. The van der Waals surface area contributed by atoms with Crippen LogP contribution in [0, 0.1) is 0 Å². The quantitative estimate of drug-likeness (QED) is 0.182. The molecule has 212 valence electrons. The lowest BCUT2D eigenvalue weighted by Crippen LogP contribution is -2.15. The summed E-state index contributed by atoms with van der Waals surface area (Å²) in [5.41, 5.74) is 12.3. The van der Waals surface area contributed by atoms with E-state index in [1.54, 1.807) is 24.3 Å². The number of fused-ring (bicyclic) bond motifs is 2. The Hall–Kier alpha value is -4.26. The third-order valence-electron chi connectivity index (χ3n) is 7.06. The first-order chi connectivity index (χ1) is 20.5. The standard InChI is InChI=1S/2C17H15ClN2O/c2*18-13-7-4-8-14(11-13)19-20-16-10-3-6-12-5-1-2-9-15(12)17(16)21/h2*1-2,4-5,7-9,11,19H,3,6,10H2/b2*20-16-. The molecule has 0 saturated carbocycles. The summed E-state index contributed by atoms with van der Waals surface area (Å²) in [5, 5.41) is 9.86. The molecule has 4 aromatic carbocycles. The fourth-order valence-corrected chi connectivity index (χ4v) is 5.32. The van der Waals surface area contributed by atoms with E-state index in [2.05, 4.69) is 21.1 Å². The minimum atomic E-state index is 0.0117. The topological polar surface area (TPSA) is 82.9 Å². The van der Waals surface area contributed by atoms with Crippen molar-refractivity contribution in [2.75, 3.05) is 10.9 Å². The molecular formula is C34H30Cl2N4O2. The molecule has 0 amide bonds. The third-order valence-corrected chi connectivity index (χ3v) is 7.53. The van der Waals surface area contributed by atoms with E-state index in [0.29, 0.717) is 34.3 Å². The molecule has 0 fully saturated rings. The van der Waals surface area contributed by atoms with Crippen LogP contribution < -0.4 is 10.9 Å². The number of aryl methyl sites for hydroxylation is 2. The van der Waals surface area contributed by atoms with Crippen molar-refractivity contribution in [2.45, 2.75) is 38.5 Å². The molecule has 0 radical (unpaired) electrons. The summed E-state index contributed by atoms with van der Waals surface area (Å²) in [6, 6.07) is 30.1. The number of hydrazone groups is 2. The molecule has 2 N–H and O–H groups in total. The van der Waals surface area contributed by atoms with Gasteiger partial charge in [-0.25, -0.2) is 0 Å². The summed E-state index contributed by atoms with van der Waals surface area (Å²) in [4.78, 5) is 25.1. The Morgan fingerprint density at radius 2 is 0.952 bits per heavy atom.